The summed E-state index contributed by atoms with van der Waals surface area (Å²) in [5.41, 5.74) is 0.230. The fourth-order valence-corrected chi connectivity index (χ4v) is 10.7. The van der Waals surface area contributed by atoms with Gasteiger partial charge in [0, 0.05) is 17.8 Å². The van der Waals surface area contributed by atoms with Crippen molar-refractivity contribution in [2.24, 2.45) is 44.8 Å². The van der Waals surface area contributed by atoms with Crippen molar-refractivity contribution in [3.63, 3.8) is 0 Å². The minimum Gasteiger partial charge on any atom is -0.339 e. The van der Waals surface area contributed by atoms with Gasteiger partial charge in [0.05, 0.1) is 5.41 Å². The molecule has 208 valence electrons. The molecule has 0 amide bonds. The van der Waals surface area contributed by atoms with E-state index >= 15 is 0 Å². The van der Waals surface area contributed by atoms with Crippen LogP contribution < -0.4 is 0 Å². The molecule has 0 bridgehead atoms. The molecular formula is C32H45FN2O3. The van der Waals surface area contributed by atoms with Crippen LogP contribution in [0.4, 0.5) is 4.39 Å². The number of hydrogen-bond donors (Lipinski definition) is 0. The summed E-state index contributed by atoms with van der Waals surface area (Å²) in [5.74, 6) is 1.47. The second-order valence-electron chi connectivity index (χ2n) is 15.6. The van der Waals surface area contributed by atoms with Crippen molar-refractivity contribution < 1.29 is 18.5 Å². The highest BCUT2D eigenvalue weighted by Gasteiger charge is 2.70. The zero-order valence-corrected chi connectivity index (χ0v) is 24.4. The highest BCUT2D eigenvalue weighted by molar-refractivity contribution is 5.96. The van der Waals surface area contributed by atoms with Crippen LogP contribution in [0, 0.1) is 44.8 Å². The molecule has 6 rings (SSSR count). The van der Waals surface area contributed by atoms with E-state index in [2.05, 4.69) is 58.6 Å². The Morgan fingerprint density at radius 3 is 2.37 bits per heavy atom. The number of Topliss-reactive ketones (excluding diaryl/α,β-unsaturated/α-hetero) is 1. The lowest BCUT2D eigenvalue weighted by atomic mass is 9.34. The number of alkyl halides is 1. The van der Waals surface area contributed by atoms with Crippen LogP contribution in [0.2, 0.25) is 0 Å². The van der Waals surface area contributed by atoms with Gasteiger partial charge in [-0.2, -0.15) is 4.98 Å². The zero-order valence-electron chi connectivity index (χ0n) is 24.4. The average molecular weight is 525 g/mol. The largest absolute Gasteiger partial charge is 0.339 e. The molecule has 38 heavy (non-hydrogen) atoms. The highest BCUT2D eigenvalue weighted by atomic mass is 19.1. The van der Waals surface area contributed by atoms with Gasteiger partial charge in [0.15, 0.2) is 12.5 Å². The normalized spacial score (nSPS) is 45.4. The van der Waals surface area contributed by atoms with Crippen LogP contribution in [0.1, 0.15) is 118 Å². The van der Waals surface area contributed by atoms with Crippen molar-refractivity contribution in [2.45, 2.75) is 118 Å². The topological polar surface area (TPSA) is 73.1 Å². The van der Waals surface area contributed by atoms with Crippen LogP contribution in [0.5, 0.6) is 0 Å². The van der Waals surface area contributed by atoms with Gasteiger partial charge in [-0.15, -0.1) is 0 Å². The summed E-state index contributed by atoms with van der Waals surface area (Å²) in [6.45, 7) is 15.3. The van der Waals surface area contributed by atoms with E-state index in [1.54, 1.807) is 0 Å². The van der Waals surface area contributed by atoms with Gasteiger partial charge in [-0.1, -0.05) is 59.2 Å². The van der Waals surface area contributed by atoms with E-state index < -0.39 is 6.67 Å². The summed E-state index contributed by atoms with van der Waals surface area (Å²) >= 11 is 0. The molecule has 7 atom stereocenters. The van der Waals surface area contributed by atoms with Crippen LogP contribution in [0.15, 0.2) is 16.2 Å². The number of hydrogen-bond acceptors (Lipinski definition) is 5. The summed E-state index contributed by atoms with van der Waals surface area (Å²) < 4.78 is 19.2. The fraction of sp³-hybridized carbons (Fsp3) is 0.812. The molecule has 6 heteroatoms. The first-order valence-corrected chi connectivity index (χ1v) is 14.8. The number of carbonyl (C=O) groups excluding carboxylic acids is 2. The van der Waals surface area contributed by atoms with Crippen LogP contribution in [0.25, 0.3) is 0 Å². The van der Waals surface area contributed by atoms with Gasteiger partial charge in [0.1, 0.15) is 5.78 Å². The first-order chi connectivity index (χ1) is 17.6. The first kappa shape index (κ1) is 26.4. The van der Waals surface area contributed by atoms with Crippen LogP contribution in [0.3, 0.4) is 0 Å². The Morgan fingerprint density at radius 1 is 0.974 bits per heavy atom. The predicted molar refractivity (Wildman–Crippen MR) is 143 cm³/mol. The molecular weight excluding hydrogens is 479 g/mol. The lowest BCUT2D eigenvalue weighted by molar-refractivity contribution is -0.167. The zero-order chi connectivity index (χ0) is 27.5. The average Bonchev–Trinajstić information content (AvgIpc) is 3.33. The molecule has 5 nitrogen and oxygen atoms in total. The molecule has 4 saturated carbocycles. The maximum atomic E-state index is 14.5. The number of ketones is 2. The number of halogens is 1. The standard InChI is InChI=1S/C32H45FN2O3/c1-27(2)12-14-32(26-34-24(18-33)35-38-26)15-13-31(7)25(19(32)17-27)20(36)16-22-29(5)10-9-23(37)28(3,4)21(29)8-11-30(22,31)6/h16,19,21,25H,8-15,17-18H2,1-7H3/t19-,21-,25-,29-,30+,31+,32-/m0/s1. The van der Waals surface area contributed by atoms with Gasteiger partial charge in [-0.3, -0.25) is 9.59 Å². The molecule has 0 aliphatic heterocycles. The number of nitrogens with zero attached hydrogens (tertiary/aromatic N) is 2. The van der Waals surface area contributed by atoms with Crippen LogP contribution in [-0.4, -0.2) is 21.7 Å². The predicted octanol–water partition coefficient (Wildman–Crippen LogP) is 7.34. The molecule has 0 saturated heterocycles. The van der Waals surface area contributed by atoms with E-state index in [4.69, 9.17) is 4.52 Å². The number of rotatable bonds is 2. The van der Waals surface area contributed by atoms with Crippen molar-refractivity contribution >= 4 is 11.6 Å². The van der Waals surface area contributed by atoms with Crippen molar-refractivity contribution in [2.75, 3.05) is 0 Å². The number of aromatic nitrogens is 2. The van der Waals surface area contributed by atoms with Crippen molar-refractivity contribution in [3.8, 4) is 0 Å². The van der Waals surface area contributed by atoms with Gasteiger partial charge in [-0.25, -0.2) is 4.39 Å². The number of carbonyl (C=O) groups is 2. The minimum atomic E-state index is -0.738. The van der Waals surface area contributed by atoms with E-state index in [1.807, 2.05) is 6.08 Å². The Kier molecular flexibility index (Phi) is 5.47. The van der Waals surface area contributed by atoms with E-state index in [0.29, 0.717) is 18.1 Å². The van der Waals surface area contributed by atoms with Crippen molar-refractivity contribution in [3.05, 3.63) is 23.4 Å². The maximum Gasteiger partial charge on any atom is 0.233 e. The first-order valence-electron chi connectivity index (χ1n) is 14.8. The van der Waals surface area contributed by atoms with E-state index in [0.717, 1.165) is 51.4 Å². The molecule has 0 N–H and O–H groups in total. The monoisotopic (exact) mass is 524 g/mol. The lowest BCUT2D eigenvalue weighted by Crippen LogP contribution is -2.65. The molecule has 5 aliphatic rings. The van der Waals surface area contributed by atoms with Gasteiger partial charge >= 0.3 is 0 Å². The van der Waals surface area contributed by atoms with Gasteiger partial charge < -0.3 is 4.52 Å². The Hall–Kier alpha value is -1.85. The smallest absolute Gasteiger partial charge is 0.233 e. The van der Waals surface area contributed by atoms with Gasteiger partial charge in [0.25, 0.3) is 0 Å². The van der Waals surface area contributed by atoms with Crippen LogP contribution in [-0.2, 0) is 21.7 Å². The Labute approximate surface area is 226 Å². The summed E-state index contributed by atoms with van der Waals surface area (Å²) in [4.78, 5) is 32.0. The second kappa shape index (κ2) is 7.87. The summed E-state index contributed by atoms with van der Waals surface area (Å²) in [6.07, 6.45) is 10.1. The Balaban J connectivity index is 1.49. The van der Waals surface area contributed by atoms with E-state index in [-0.39, 0.29) is 61.9 Å². The Morgan fingerprint density at radius 2 is 1.68 bits per heavy atom. The van der Waals surface area contributed by atoms with Gasteiger partial charge in [0.2, 0.25) is 11.7 Å². The van der Waals surface area contributed by atoms with E-state index in [1.165, 1.54) is 5.57 Å². The summed E-state index contributed by atoms with van der Waals surface area (Å²) in [7, 11) is 0. The molecule has 5 aliphatic carbocycles. The maximum absolute atomic E-state index is 14.5. The fourth-order valence-electron chi connectivity index (χ4n) is 10.7. The number of allylic oxidation sites excluding steroid dienone is 2. The lowest BCUT2D eigenvalue weighted by Gasteiger charge is -2.69. The molecule has 1 heterocycles. The third-order valence-corrected chi connectivity index (χ3v) is 13.1. The van der Waals surface area contributed by atoms with Gasteiger partial charge in [-0.05, 0) is 90.9 Å². The van der Waals surface area contributed by atoms with Crippen molar-refractivity contribution in [1.82, 2.24) is 10.1 Å². The molecule has 0 aromatic carbocycles. The molecule has 0 unspecified atom stereocenters. The molecule has 1 aromatic heterocycles. The molecule has 0 radical (unpaired) electrons. The highest BCUT2D eigenvalue weighted by Crippen LogP contribution is 2.74. The van der Waals surface area contributed by atoms with Crippen molar-refractivity contribution in [1.29, 1.82) is 0 Å². The molecule has 1 aromatic rings. The summed E-state index contributed by atoms with van der Waals surface area (Å²) in [5, 5.41) is 3.94. The quantitative estimate of drug-likeness (QED) is 0.405. The molecule has 0 spiro atoms. The summed E-state index contributed by atoms with van der Waals surface area (Å²) in [6, 6.07) is 0. The molecule has 4 fully saturated rings. The van der Waals surface area contributed by atoms with Crippen LogP contribution >= 0.6 is 0 Å². The Bertz CT molecular complexity index is 1230. The second-order valence-corrected chi connectivity index (χ2v) is 15.6. The third-order valence-electron chi connectivity index (χ3n) is 13.1. The SMILES string of the molecule is CC1(C)CC[C@]2(c3nc(CF)no3)CC[C@]3(C)[C@H](C(=O)C=C4[C@@]5(C)CCC(=O)C(C)(C)[C@@H]5CC[C@]43C)[C@@H]2C1. The third kappa shape index (κ3) is 3.15. The number of fused-ring (bicyclic) bond motifs is 7. The van der Waals surface area contributed by atoms with E-state index in [9.17, 15) is 14.0 Å². The minimum absolute atomic E-state index is 0.0786.